The van der Waals surface area contributed by atoms with Gasteiger partial charge in [-0.1, -0.05) is 43.1 Å². The number of amides is 1. The molecular formula is C14H19Cl2NO. The Balaban J connectivity index is 2.61. The standard InChI is InChI=1S/C14H19Cl2NO/c1-9(2)14(17-10(3)18)7-5-11-4-6-12(15)13(16)8-11/h4,6,8-9,14H,5,7H2,1-3H3,(H,17,18). The Hall–Kier alpha value is -0.730. The summed E-state index contributed by atoms with van der Waals surface area (Å²) in [6.45, 7) is 5.76. The summed E-state index contributed by atoms with van der Waals surface area (Å²) in [5.74, 6) is 0.430. The molecule has 4 heteroatoms. The largest absolute Gasteiger partial charge is 0.353 e. The fraction of sp³-hybridized carbons (Fsp3) is 0.500. The van der Waals surface area contributed by atoms with Crippen molar-refractivity contribution in [1.29, 1.82) is 0 Å². The molecule has 0 aliphatic rings. The monoisotopic (exact) mass is 287 g/mol. The molecule has 1 aromatic rings. The van der Waals surface area contributed by atoms with Gasteiger partial charge in [-0.15, -0.1) is 0 Å². The van der Waals surface area contributed by atoms with Crippen LogP contribution in [0, 0.1) is 5.92 Å². The van der Waals surface area contributed by atoms with Gasteiger partial charge in [-0.3, -0.25) is 4.79 Å². The van der Waals surface area contributed by atoms with E-state index < -0.39 is 0 Å². The van der Waals surface area contributed by atoms with Gasteiger partial charge in [0.1, 0.15) is 0 Å². The Bertz CT molecular complexity index is 418. The average molecular weight is 288 g/mol. The highest BCUT2D eigenvalue weighted by atomic mass is 35.5. The van der Waals surface area contributed by atoms with Crippen LogP contribution in [0.25, 0.3) is 0 Å². The van der Waals surface area contributed by atoms with E-state index in [1.165, 1.54) is 0 Å². The lowest BCUT2D eigenvalue weighted by molar-refractivity contribution is -0.120. The lowest BCUT2D eigenvalue weighted by atomic mass is 9.96. The zero-order valence-corrected chi connectivity index (χ0v) is 12.5. The van der Waals surface area contributed by atoms with Crippen molar-refractivity contribution in [3.05, 3.63) is 33.8 Å². The Morgan fingerprint density at radius 1 is 1.28 bits per heavy atom. The maximum atomic E-state index is 11.1. The average Bonchev–Trinajstić information content (AvgIpc) is 2.28. The molecule has 100 valence electrons. The smallest absolute Gasteiger partial charge is 0.217 e. The van der Waals surface area contributed by atoms with Gasteiger partial charge in [0, 0.05) is 13.0 Å². The van der Waals surface area contributed by atoms with E-state index in [1.807, 2.05) is 18.2 Å². The second-order valence-electron chi connectivity index (χ2n) is 4.84. The maximum absolute atomic E-state index is 11.1. The molecule has 0 bridgehead atoms. The van der Waals surface area contributed by atoms with Crippen LogP contribution in [0.4, 0.5) is 0 Å². The first kappa shape index (κ1) is 15.3. The molecule has 1 atom stereocenters. The van der Waals surface area contributed by atoms with Crippen molar-refractivity contribution in [1.82, 2.24) is 5.32 Å². The topological polar surface area (TPSA) is 29.1 Å². The van der Waals surface area contributed by atoms with Gasteiger partial charge in [0.05, 0.1) is 10.0 Å². The molecule has 0 heterocycles. The fourth-order valence-electron chi connectivity index (χ4n) is 1.85. The predicted molar refractivity (Wildman–Crippen MR) is 77.2 cm³/mol. The third-order valence-corrected chi connectivity index (χ3v) is 3.66. The number of carbonyl (C=O) groups is 1. The Kier molecular flexibility index (Phi) is 5.97. The number of hydrogen-bond donors (Lipinski definition) is 1. The van der Waals surface area contributed by atoms with Crippen molar-refractivity contribution < 1.29 is 4.79 Å². The van der Waals surface area contributed by atoms with Crippen LogP contribution in [-0.2, 0) is 11.2 Å². The van der Waals surface area contributed by atoms with Gasteiger partial charge in [-0.25, -0.2) is 0 Å². The van der Waals surface area contributed by atoms with Crippen molar-refractivity contribution in [2.45, 2.75) is 39.7 Å². The summed E-state index contributed by atoms with van der Waals surface area (Å²) in [5, 5.41) is 4.13. The molecule has 0 saturated heterocycles. The van der Waals surface area contributed by atoms with Crippen LogP contribution in [0.15, 0.2) is 18.2 Å². The van der Waals surface area contributed by atoms with Crippen LogP contribution < -0.4 is 5.32 Å². The van der Waals surface area contributed by atoms with Crippen LogP contribution in [-0.4, -0.2) is 11.9 Å². The number of aryl methyl sites for hydroxylation is 1. The van der Waals surface area contributed by atoms with Crippen molar-refractivity contribution in [3.8, 4) is 0 Å². The van der Waals surface area contributed by atoms with Crippen LogP contribution >= 0.6 is 23.2 Å². The molecule has 18 heavy (non-hydrogen) atoms. The van der Waals surface area contributed by atoms with E-state index in [0.29, 0.717) is 16.0 Å². The Morgan fingerprint density at radius 3 is 2.44 bits per heavy atom. The van der Waals surface area contributed by atoms with Gasteiger partial charge in [0.15, 0.2) is 0 Å². The van der Waals surface area contributed by atoms with E-state index in [9.17, 15) is 4.79 Å². The number of benzene rings is 1. The van der Waals surface area contributed by atoms with Crippen molar-refractivity contribution in [3.63, 3.8) is 0 Å². The highest BCUT2D eigenvalue weighted by molar-refractivity contribution is 6.42. The first-order valence-corrected chi connectivity index (χ1v) is 6.86. The first-order valence-electron chi connectivity index (χ1n) is 6.11. The summed E-state index contributed by atoms with van der Waals surface area (Å²) in [6.07, 6.45) is 1.77. The van der Waals surface area contributed by atoms with Crippen molar-refractivity contribution in [2.24, 2.45) is 5.92 Å². The van der Waals surface area contributed by atoms with E-state index in [4.69, 9.17) is 23.2 Å². The number of halogens is 2. The number of hydrogen-bond acceptors (Lipinski definition) is 1. The van der Waals surface area contributed by atoms with Crippen molar-refractivity contribution in [2.75, 3.05) is 0 Å². The molecule has 0 aliphatic carbocycles. The van der Waals surface area contributed by atoms with Gasteiger partial charge in [-0.2, -0.15) is 0 Å². The molecule has 0 spiro atoms. The number of rotatable bonds is 5. The summed E-state index contributed by atoms with van der Waals surface area (Å²) >= 11 is 11.8. The van der Waals surface area contributed by atoms with Crippen LogP contribution in [0.5, 0.6) is 0 Å². The van der Waals surface area contributed by atoms with Crippen LogP contribution in [0.3, 0.4) is 0 Å². The van der Waals surface area contributed by atoms with Gasteiger partial charge < -0.3 is 5.32 Å². The lowest BCUT2D eigenvalue weighted by Crippen LogP contribution is -2.37. The van der Waals surface area contributed by atoms with E-state index in [-0.39, 0.29) is 11.9 Å². The highest BCUT2D eigenvalue weighted by Gasteiger charge is 2.14. The first-order chi connectivity index (χ1) is 8.40. The summed E-state index contributed by atoms with van der Waals surface area (Å²) in [4.78, 5) is 11.1. The molecular weight excluding hydrogens is 269 g/mol. The summed E-state index contributed by atoms with van der Waals surface area (Å²) in [7, 11) is 0. The molecule has 0 fully saturated rings. The molecule has 0 radical (unpaired) electrons. The number of carbonyl (C=O) groups excluding carboxylic acids is 1. The molecule has 1 N–H and O–H groups in total. The van der Waals surface area contributed by atoms with Crippen LogP contribution in [0.1, 0.15) is 32.8 Å². The van der Waals surface area contributed by atoms with Crippen LogP contribution in [0.2, 0.25) is 10.0 Å². The SMILES string of the molecule is CC(=O)NC(CCc1ccc(Cl)c(Cl)c1)C(C)C. The van der Waals surface area contributed by atoms with Gasteiger partial charge in [0.25, 0.3) is 0 Å². The molecule has 1 rings (SSSR count). The third-order valence-electron chi connectivity index (χ3n) is 2.92. The molecule has 0 saturated carbocycles. The molecule has 2 nitrogen and oxygen atoms in total. The van der Waals surface area contributed by atoms with Gasteiger partial charge >= 0.3 is 0 Å². The van der Waals surface area contributed by atoms with E-state index >= 15 is 0 Å². The molecule has 0 aromatic heterocycles. The summed E-state index contributed by atoms with van der Waals surface area (Å²) in [6, 6.07) is 5.85. The zero-order valence-electron chi connectivity index (χ0n) is 11.0. The van der Waals surface area contributed by atoms with E-state index in [2.05, 4.69) is 19.2 Å². The molecule has 1 amide bonds. The fourth-order valence-corrected chi connectivity index (χ4v) is 2.17. The Labute approximate surface area is 119 Å². The molecule has 1 unspecified atom stereocenters. The van der Waals surface area contributed by atoms with E-state index in [1.54, 1.807) is 6.92 Å². The third kappa shape index (κ3) is 4.87. The minimum absolute atomic E-state index is 0.0165. The summed E-state index contributed by atoms with van der Waals surface area (Å²) in [5.41, 5.74) is 1.14. The Morgan fingerprint density at radius 2 is 1.94 bits per heavy atom. The second kappa shape index (κ2) is 7.01. The minimum Gasteiger partial charge on any atom is -0.353 e. The van der Waals surface area contributed by atoms with Gasteiger partial charge in [0.2, 0.25) is 5.91 Å². The maximum Gasteiger partial charge on any atom is 0.217 e. The lowest BCUT2D eigenvalue weighted by Gasteiger charge is -2.21. The molecule has 1 aromatic carbocycles. The van der Waals surface area contributed by atoms with E-state index in [0.717, 1.165) is 18.4 Å². The number of nitrogens with one attached hydrogen (secondary N) is 1. The quantitative estimate of drug-likeness (QED) is 0.868. The normalized spacial score (nSPS) is 12.6. The van der Waals surface area contributed by atoms with Gasteiger partial charge in [-0.05, 0) is 36.5 Å². The zero-order chi connectivity index (χ0) is 13.7. The predicted octanol–water partition coefficient (Wildman–Crippen LogP) is 4.09. The highest BCUT2D eigenvalue weighted by Crippen LogP contribution is 2.23. The van der Waals surface area contributed by atoms with Crippen molar-refractivity contribution >= 4 is 29.1 Å². The summed E-state index contributed by atoms with van der Waals surface area (Å²) < 4.78 is 0. The minimum atomic E-state index is 0.0165. The molecule has 0 aliphatic heterocycles. The second-order valence-corrected chi connectivity index (χ2v) is 5.65.